The fourth-order valence-electron chi connectivity index (χ4n) is 3.13. The van der Waals surface area contributed by atoms with Gasteiger partial charge in [0.05, 0.1) is 13.2 Å². The lowest BCUT2D eigenvalue weighted by Gasteiger charge is -2.33. The first-order valence-corrected chi connectivity index (χ1v) is 7.13. The number of carbonyl (C=O) groups excluding carboxylic acids is 1. The molecule has 2 aromatic rings. The first kappa shape index (κ1) is 13.0. The number of carbonyl (C=O) groups is 1. The van der Waals surface area contributed by atoms with Crippen molar-refractivity contribution in [3.05, 3.63) is 29.5 Å². The Morgan fingerprint density at radius 1 is 1.50 bits per heavy atom. The van der Waals surface area contributed by atoms with Crippen molar-refractivity contribution in [3.63, 3.8) is 0 Å². The molecule has 0 radical (unpaired) electrons. The largest absolute Gasteiger partial charge is 0.497 e. The second-order valence-corrected chi connectivity index (χ2v) is 5.30. The molecule has 3 rings (SSSR count). The molecule has 1 atom stereocenters. The van der Waals surface area contributed by atoms with Gasteiger partial charge in [0.1, 0.15) is 5.75 Å². The van der Waals surface area contributed by atoms with E-state index in [1.807, 2.05) is 24.0 Å². The van der Waals surface area contributed by atoms with Crippen molar-refractivity contribution in [2.75, 3.05) is 13.7 Å². The van der Waals surface area contributed by atoms with Gasteiger partial charge in [-0.1, -0.05) is 6.92 Å². The zero-order chi connectivity index (χ0) is 14.3. The van der Waals surface area contributed by atoms with Crippen LogP contribution in [0.25, 0.3) is 10.9 Å². The van der Waals surface area contributed by atoms with Crippen LogP contribution in [0.1, 0.15) is 37.6 Å². The smallest absolute Gasteiger partial charge is 0.222 e. The molecule has 1 aliphatic heterocycles. The number of fused-ring (bicyclic) bond motifs is 3. The van der Waals surface area contributed by atoms with Gasteiger partial charge in [0, 0.05) is 29.6 Å². The van der Waals surface area contributed by atoms with Gasteiger partial charge in [-0.25, -0.2) is 0 Å². The Balaban J connectivity index is 2.07. The molecule has 1 aromatic heterocycles. The molecule has 4 heteroatoms. The maximum atomic E-state index is 12.0. The van der Waals surface area contributed by atoms with Gasteiger partial charge in [0.25, 0.3) is 0 Å². The summed E-state index contributed by atoms with van der Waals surface area (Å²) < 4.78 is 5.31. The van der Waals surface area contributed by atoms with Crippen LogP contribution in [0.3, 0.4) is 0 Å². The molecule has 0 spiro atoms. The molecule has 20 heavy (non-hydrogen) atoms. The zero-order valence-electron chi connectivity index (χ0n) is 12.2. The number of benzene rings is 1. The van der Waals surface area contributed by atoms with Gasteiger partial charge in [-0.2, -0.15) is 0 Å². The summed E-state index contributed by atoms with van der Waals surface area (Å²) in [6.07, 6.45) is 1.46. The molecular weight excluding hydrogens is 252 g/mol. The number of methoxy groups -OCH3 is 1. The lowest BCUT2D eigenvalue weighted by molar-refractivity contribution is -0.133. The quantitative estimate of drug-likeness (QED) is 0.913. The maximum Gasteiger partial charge on any atom is 0.222 e. The molecule has 4 nitrogen and oxygen atoms in total. The number of nitrogens with one attached hydrogen (secondary N) is 1. The zero-order valence-corrected chi connectivity index (χ0v) is 12.2. The molecule has 1 aliphatic rings. The van der Waals surface area contributed by atoms with E-state index >= 15 is 0 Å². The van der Waals surface area contributed by atoms with Crippen LogP contribution in [0.4, 0.5) is 0 Å². The molecule has 1 amide bonds. The van der Waals surface area contributed by atoms with Crippen molar-refractivity contribution in [3.8, 4) is 5.75 Å². The molecule has 0 saturated heterocycles. The molecule has 106 valence electrons. The van der Waals surface area contributed by atoms with Crippen molar-refractivity contribution in [1.29, 1.82) is 0 Å². The Kier molecular flexibility index (Phi) is 3.16. The van der Waals surface area contributed by atoms with Crippen molar-refractivity contribution >= 4 is 16.8 Å². The number of H-pyrrole nitrogens is 1. The molecular formula is C16H20N2O2. The van der Waals surface area contributed by atoms with Crippen LogP contribution in [0.5, 0.6) is 5.75 Å². The molecule has 0 aliphatic carbocycles. The van der Waals surface area contributed by atoms with Crippen molar-refractivity contribution in [2.45, 2.75) is 32.7 Å². The fourth-order valence-corrected chi connectivity index (χ4v) is 3.13. The van der Waals surface area contributed by atoms with Crippen LogP contribution < -0.4 is 4.74 Å². The minimum atomic E-state index is 0.115. The van der Waals surface area contributed by atoms with Crippen LogP contribution in [-0.2, 0) is 11.2 Å². The van der Waals surface area contributed by atoms with Crippen LogP contribution in [0, 0.1) is 0 Å². The van der Waals surface area contributed by atoms with Gasteiger partial charge in [-0.15, -0.1) is 0 Å². The van der Waals surface area contributed by atoms with Gasteiger partial charge in [-0.05, 0) is 37.1 Å². The second-order valence-electron chi connectivity index (χ2n) is 5.30. The van der Waals surface area contributed by atoms with E-state index in [9.17, 15) is 4.79 Å². The first-order valence-electron chi connectivity index (χ1n) is 7.13. The number of amides is 1. The van der Waals surface area contributed by atoms with Crippen molar-refractivity contribution in [2.24, 2.45) is 0 Å². The lowest BCUT2D eigenvalue weighted by Crippen LogP contribution is -2.38. The van der Waals surface area contributed by atoms with Gasteiger partial charge >= 0.3 is 0 Å². The molecule has 1 aromatic carbocycles. The molecule has 0 bridgehead atoms. The topological polar surface area (TPSA) is 45.3 Å². The van der Waals surface area contributed by atoms with E-state index in [0.29, 0.717) is 6.42 Å². The number of ether oxygens (including phenoxy) is 1. The predicted molar refractivity (Wildman–Crippen MR) is 79.0 cm³/mol. The van der Waals surface area contributed by atoms with E-state index < -0.39 is 0 Å². The van der Waals surface area contributed by atoms with E-state index in [1.165, 1.54) is 16.6 Å². The number of nitrogens with zero attached hydrogens (tertiary/aromatic N) is 1. The van der Waals surface area contributed by atoms with Crippen LogP contribution in [0.15, 0.2) is 18.2 Å². The van der Waals surface area contributed by atoms with Crippen LogP contribution in [-0.4, -0.2) is 29.4 Å². The predicted octanol–water partition coefficient (Wildman–Crippen LogP) is 3.03. The maximum absolute atomic E-state index is 12.0. The third-order valence-corrected chi connectivity index (χ3v) is 4.26. The Labute approximate surface area is 118 Å². The monoisotopic (exact) mass is 272 g/mol. The summed E-state index contributed by atoms with van der Waals surface area (Å²) in [5.74, 6) is 1.10. The third-order valence-electron chi connectivity index (χ3n) is 4.26. The Morgan fingerprint density at radius 3 is 3.00 bits per heavy atom. The van der Waals surface area contributed by atoms with Gasteiger partial charge < -0.3 is 14.6 Å². The number of aromatic nitrogens is 1. The summed E-state index contributed by atoms with van der Waals surface area (Å²) in [5, 5.41) is 1.22. The van der Waals surface area contributed by atoms with Gasteiger partial charge in [-0.3, -0.25) is 4.79 Å². The molecule has 2 heterocycles. The molecule has 0 fully saturated rings. The van der Waals surface area contributed by atoms with E-state index in [4.69, 9.17) is 4.74 Å². The average Bonchev–Trinajstić information content (AvgIpc) is 2.85. The molecule has 1 unspecified atom stereocenters. The van der Waals surface area contributed by atoms with E-state index in [1.54, 1.807) is 7.11 Å². The normalized spacial score (nSPS) is 18.1. The van der Waals surface area contributed by atoms with Crippen molar-refractivity contribution in [1.82, 2.24) is 9.88 Å². The molecule has 0 saturated carbocycles. The Hall–Kier alpha value is -1.97. The standard InChI is InChI=1S/C16H20N2O2/c1-4-15(19)18-8-7-12-13-9-11(20-3)5-6-14(13)17-16(12)10(18)2/h5-6,9-10,17H,4,7-8H2,1-3H3. The fraction of sp³-hybridized carbons (Fsp3) is 0.438. The summed E-state index contributed by atoms with van der Waals surface area (Å²) in [5.41, 5.74) is 3.61. The minimum absolute atomic E-state index is 0.115. The lowest BCUT2D eigenvalue weighted by atomic mass is 9.98. The number of rotatable bonds is 2. The highest BCUT2D eigenvalue weighted by Gasteiger charge is 2.29. The molecule has 1 N–H and O–H groups in total. The third kappa shape index (κ3) is 1.87. The summed E-state index contributed by atoms with van der Waals surface area (Å²) in [7, 11) is 1.69. The van der Waals surface area contributed by atoms with Gasteiger partial charge in [0.15, 0.2) is 0 Å². The SMILES string of the molecule is CCC(=O)N1CCc2c([nH]c3ccc(OC)cc23)C1C. The second kappa shape index (κ2) is 4.85. The van der Waals surface area contributed by atoms with Gasteiger partial charge in [0.2, 0.25) is 5.91 Å². The van der Waals surface area contributed by atoms with Crippen LogP contribution >= 0.6 is 0 Å². The van der Waals surface area contributed by atoms with Crippen LogP contribution in [0.2, 0.25) is 0 Å². The highest BCUT2D eigenvalue weighted by molar-refractivity contribution is 5.87. The average molecular weight is 272 g/mol. The van der Waals surface area contributed by atoms with E-state index in [-0.39, 0.29) is 11.9 Å². The Morgan fingerprint density at radius 2 is 2.30 bits per heavy atom. The van der Waals surface area contributed by atoms with E-state index in [0.717, 1.165) is 24.2 Å². The summed E-state index contributed by atoms with van der Waals surface area (Å²) in [6, 6.07) is 6.20. The first-order chi connectivity index (χ1) is 9.65. The summed E-state index contributed by atoms with van der Waals surface area (Å²) in [4.78, 5) is 17.4. The number of hydrogen-bond acceptors (Lipinski definition) is 2. The highest BCUT2D eigenvalue weighted by atomic mass is 16.5. The number of aromatic amines is 1. The van der Waals surface area contributed by atoms with Crippen molar-refractivity contribution < 1.29 is 9.53 Å². The van der Waals surface area contributed by atoms with E-state index in [2.05, 4.69) is 18.0 Å². The number of hydrogen-bond donors (Lipinski definition) is 1. The highest BCUT2D eigenvalue weighted by Crippen LogP contribution is 2.35. The summed E-state index contributed by atoms with van der Waals surface area (Å²) >= 11 is 0. The minimum Gasteiger partial charge on any atom is -0.497 e. The Bertz CT molecular complexity index is 660. The summed E-state index contributed by atoms with van der Waals surface area (Å²) in [6.45, 7) is 4.81.